The first-order valence-electron chi connectivity index (χ1n) is 12.5. The van der Waals surface area contributed by atoms with E-state index in [1.807, 2.05) is 44.2 Å². The number of rotatable bonds is 16. The van der Waals surface area contributed by atoms with Crippen LogP contribution in [-0.2, 0) is 25.6 Å². The van der Waals surface area contributed by atoms with Crippen LogP contribution in [0.2, 0.25) is 0 Å². The Morgan fingerprint density at radius 3 is 2.03 bits per heavy atom. The van der Waals surface area contributed by atoms with Gasteiger partial charge < -0.3 is 16.0 Å². The molecule has 0 saturated carbocycles. The zero-order chi connectivity index (χ0) is 26.2. The number of unbranched alkanes of at least 4 members (excludes halogenated alkanes) is 4. The molecule has 0 bridgehead atoms. The first-order chi connectivity index (χ1) is 16.7. The van der Waals surface area contributed by atoms with Gasteiger partial charge in [-0.3, -0.25) is 24.4 Å². The van der Waals surface area contributed by atoms with Gasteiger partial charge in [-0.2, -0.15) is 0 Å². The monoisotopic (exact) mass is 490 g/mol. The van der Waals surface area contributed by atoms with Crippen LogP contribution in [0.15, 0.2) is 30.3 Å². The lowest BCUT2D eigenvalue weighted by Gasteiger charge is -2.25. The van der Waals surface area contributed by atoms with Gasteiger partial charge in [0.05, 0.1) is 0 Å². The molecular formula is C26H42N4O5. The molecule has 0 radical (unpaired) electrons. The predicted molar refractivity (Wildman–Crippen MR) is 134 cm³/mol. The van der Waals surface area contributed by atoms with Crippen molar-refractivity contribution < 1.29 is 24.4 Å². The Morgan fingerprint density at radius 2 is 1.46 bits per heavy atom. The van der Waals surface area contributed by atoms with Crippen LogP contribution in [0.4, 0.5) is 0 Å². The van der Waals surface area contributed by atoms with Crippen molar-refractivity contribution in [3.63, 3.8) is 0 Å². The molecule has 0 heterocycles. The number of amides is 4. The fourth-order valence-corrected chi connectivity index (χ4v) is 3.88. The molecule has 1 aromatic carbocycles. The fourth-order valence-electron chi connectivity index (χ4n) is 3.88. The maximum Gasteiger partial charge on any atom is 0.255 e. The highest BCUT2D eigenvalue weighted by Crippen LogP contribution is 2.14. The molecule has 0 saturated heterocycles. The van der Waals surface area contributed by atoms with Crippen molar-refractivity contribution in [2.75, 3.05) is 7.05 Å². The van der Waals surface area contributed by atoms with Crippen molar-refractivity contribution in [2.24, 2.45) is 11.8 Å². The third-order valence-corrected chi connectivity index (χ3v) is 5.84. The summed E-state index contributed by atoms with van der Waals surface area (Å²) in [6, 6.07) is 7.61. The molecule has 0 aromatic heterocycles. The lowest BCUT2D eigenvalue weighted by Crippen LogP contribution is -2.55. The van der Waals surface area contributed by atoms with E-state index in [9.17, 15) is 19.2 Å². The van der Waals surface area contributed by atoms with E-state index in [4.69, 9.17) is 5.21 Å². The van der Waals surface area contributed by atoms with E-state index in [2.05, 4.69) is 22.9 Å². The number of nitrogens with one attached hydrogen (secondary N) is 4. The van der Waals surface area contributed by atoms with Crippen LogP contribution >= 0.6 is 0 Å². The summed E-state index contributed by atoms with van der Waals surface area (Å²) in [6.07, 6.45) is 5.71. The molecule has 5 N–H and O–H groups in total. The van der Waals surface area contributed by atoms with Gasteiger partial charge in [-0.1, -0.05) is 83.2 Å². The minimum atomic E-state index is -1.13. The molecule has 0 spiro atoms. The van der Waals surface area contributed by atoms with Crippen LogP contribution in [0.5, 0.6) is 0 Å². The summed E-state index contributed by atoms with van der Waals surface area (Å²) < 4.78 is 0. The number of carbonyl (C=O) groups is 4. The maximum absolute atomic E-state index is 13.2. The van der Waals surface area contributed by atoms with E-state index >= 15 is 0 Å². The quantitative estimate of drug-likeness (QED) is 0.105. The predicted octanol–water partition coefficient (Wildman–Crippen LogP) is 2.47. The molecule has 9 nitrogen and oxygen atoms in total. The van der Waals surface area contributed by atoms with Crippen LogP contribution < -0.4 is 21.4 Å². The van der Waals surface area contributed by atoms with Crippen LogP contribution in [0.25, 0.3) is 0 Å². The zero-order valence-electron chi connectivity index (χ0n) is 21.4. The number of hydroxylamine groups is 1. The molecule has 3 unspecified atom stereocenters. The summed E-state index contributed by atoms with van der Waals surface area (Å²) in [4.78, 5) is 50.8. The molecule has 1 aromatic rings. The van der Waals surface area contributed by atoms with Crippen LogP contribution in [0.3, 0.4) is 0 Å². The second kappa shape index (κ2) is 16.6. The molecule has 9 heteroatoms. The Morgan fingerprint density at radius 1 is 0.829 bits per heavy atom. The van der Waals surface area contributed by atoms with Crippen LogP contribution in [-0.4, -0.2) is 48.0 Å². The molecule has 35 heavy (non-hydrogen) atoms. The number of likely N-dealkylation sites (N-methyl/N-ethyl adjacent to an activating group) is 1. The molecule has 4 amide bonds. The molecule has 1 rings (SSSR count). The number of hydrogen-bond acceptors (Lipinski definition) is 5. The second-order valence-electron chi connectivity index (χ2n) is 9.29. The van der Waals surface area contributed by atoms with E-state index in [-0.39, 0.29) is 18.2 Å². The topological polar surface area (TPSA) is 137 Å². The van der Waals surface area contributed by atoms with Gasteiger partial charge in [0.15, 0.2) is 0 Å². The highest BCUT2D eigenvalue weighted by Gasteiger charge is 2.32. The van der Waals surface area contributed by atoms with Crippen molar-refractivity contribution in [1.29, 1.82) is 0 Å². The van der Waals surface area contributed by atoms with E-state index in [1.54, 1.807) is 5.48 Å². The lowest BCUT2D eigenvalue weighted by atomic mass is 9.94. The highest BCUT2D eigenvalue weighted by molar-refractivity contribution is 6.01. The summed E-state index contributed by atoms with van der Waals surface area (Å²) in [7, 11) is 1.50. The molecule has 196 valence electrons. The number of hydrogen-bond donors (Lipinski definition) is 5. The third-order valence-electron chi connectivity index (χ3n) is 5.84. The Labute approximate surface area is 208 Å². The highest BCUT2D eigenvalue weighted by atomic mass is 16.5. The van der Waals surface area contributed by atoms with Gasteiger partial charge in [0.2, 0.25) is 17.7 Å². The van der Waals surface area contributed by atoms with E-state index in [0.717, 1.165) is 31.2 Å². The Bertz CT molecular complexity index is 800. The van der Waals surface area contributed by atoms with Gasteiger partial charge in [0.25, 0.3) is 5.91 Å². The smallest absolute Gasteiger partial charge is 0.255 e. The van der Waals surface area contributed by atoms with Crippen LogP contribution in [0.1, 0.15) is 71.3 Å². The van der Waals surface area contributed by atoms with Crippen molar-refractivity contribution in [1.82, 2.24) is 21.4 Å². The molecule has 3 atom stereocenters. The standard InChI is InChI=1S/C26H42N4O5/c1-5-6-7-8-12-15-21(28-23(31)20(16-18(2)3)24(32)30-35)26(34)29-22(25(33)27-4)17-19-13-10-9-11-14-19/h9-11,13-14,18,20-22,35H,5-8,12,15-17H2,1-4H3,(H,27,33)(H,28,31)(H,29,34)(H,30,32). The third kappa shape index (κ3) is 11.4. The second-order valence-corrected chi connectivity index (χ2v) is 9.29. The lowest BCUT2D eigenvalue weighted by molar-refractivity contribution is -0.143. The average molecular weight is 491 g/mol. The minimum Gasteiger partial charge on any atom is -0.357 e. The van der Waals surface area contributed by atoms with Gasteiger partial charge in [0.1, 0.15) is 18.0 Å². The summed E-state index contributed by atoms with van der Waals surface area (Å²) in [6.45, 7) is 5.84. The first-order valence-corrected chi connectivity index (χ1v) is 12.5. The van der Waals surface area contributed by atoms with Crippen molar-refractivity contribution in [3.8, 4) is 0 Å². The summed E-state index contributed by atoms with van der Waals surface area (Å²) in [5.41, 5.74) is 2.44. The Balaban J connectivity index is 3.01. The minimum absolute atomic E-state index is 0.0212. The summed E-state index contributed by atoms with van der Waals surface area (Å²) >= 11 is 0. The SMILES string of the molecule is CCCCCCCC(NC(=O)C(CC(C)C)C(=O)NO)C(=O)NC(Cc1ccccc1)C(=O)NC. The molecule has 0 aliphatic heterocycles. The van der Waals surface area contributed by atoms with E-state index in [0.29, 0.717) is 19.3 Å². The fraction of sp³-hybridized carbons (Fsp3) is 0.615. The molecule has 0 aliphatic carbocycles. The zero-order valence-corrected chi connectivity index (χ0v) is 21.4. The van der Waals surface area contributed by atoms with Crippen LogP contribution in [0, 0.1) is 11.8 Å². The molecule has 0 aliphatic rings. The van der Waals surface area contributed by atoms with Crippen molar-refractivity contribution in [2.45, 2.75) is 84.2 Å². The van der Waals surface area contributed by atoms with Gasteiger partial charge in [-0.05, 0) is 24.3 Å². The van der Waals surface area contributed by atoms with Gasteiger partial charge in [-0.15, -0.1) is 0 Å². The summed E-state index contributed by atoms with van der Waals surface area (Å²) in [5.74, 6) is -3.37. The van der Waals surface area contributed by atoms with Crippen molar-refractivity contribution in [3.05, 3.63) is 35.9 Å². The first kappa shape index (κ1) is 30.1. The van der Waals surface area contributed by atoms with Gasteiger partial charge in [0, 0.05) is 13.5 Å². The average Bonchev–Trinajstić information content (AvgIpc) is 2.85. The Hall–Kier alpha value is -2.94. The van der Waals surface area contributed by atoms with E-state index < -0.39 is 35.7 Å². The number of benzene rings is 1. The van der Waals surface area contributed by atoms with Crippen molar-refractivity contribution >= 4 is 23.6 Å². The summed E-state index contributed by atoms with van der Waals surface area (Å²) in [5, 5.41) is 17.1. The number of carbonyl (C=O) groups excluding carboxylic acids is 4. The van der Waals surface area contributed by atoms with Gasteiger partial charge >= 0.3 is 0 Å². The molecular weight excluding hydrogens is 448 g/mol. The Kier molecular flexibility index (Phi) is 14.3. The van der Waals surface area contributed by atoms with Gasteiger partial charge in [-0.25, -0.2) is 5.48 Å². The van der Waals surface area contributed by atoms with E-state index in [1.165, 1.54) is 7.05 Å². The normalized spacial score (nSPS) is 13.4. The largest absolute Gasteiger partial charge is 0.357 e. The molecule has 0 fully saturated rings. The maximum atomic E-state index is 13.2.